The second kappa shape index (κ2) is 4.11. The lowest BCUT2D eigenvalue weighted by atomic mass is 10.1. The van der Waals surface area contributed by atoms with Crippen molar-refractivity contribution in [1.82, 2.24) is 14.8 Å². The molecule has 0 amide bonds. The summed E-state index contributed by atoms with van der Waals surface area (Å²) < 4.78 is 1.99. The second-order valence-corrected chi connectivity index (χ2v) is 5.65. The maximum atomic E-state index is 4.39. The fourth-order valence-electron chi connectivity index (χ4n) is 2.12. The number of allylic oxidation sites excluding steroid dienone is 1. The van der Waals surface area contributed by atoms with Crippen molar-refractivity contribution in [2.45, 2.75) is 32.7 Å². The minimum Gasteiger partial charge on any atom is -0.243 e. The molecule has 2 heterocycles. The molecule has 0 spiro atoms. The smallest absolute Gasteiger partial charge is 0.168 e. The van der Waals surface area contributed by atoms with Gasteiger partial charge >= 0.3 is 0 Å². The highest BCUT2D eigenvalue weighted by atomic mass is 32.1. The molecule has 1 aliphatic rings. The summed E-state index contributed by atoms with van der Waals surface area (Å²) in [5, 5.41) is 4.29. The SMILES string of the molecule is CC(C)n1ncnc1-c1cc2c(s1)C=CCC2. The highest BCUT2D eigenvalue weighted by Gasteiger charge is 2.16. The third kappa shape index (κ3) is 1.82. The lowest BCUT2D eigenvalue weighted by molar-refractivity contribution is 0.538. The number of aromatic nitrogens is 3. The number of hydrogen-bond donors (Lipinski definition) is 0. The van der Waals surface area contributed by atoms with E-state index in [-0.39, 0.29) is 0 Å². The van der Waals surface area contributed by atoms with Gasteiger partial charge in [-0.1, -0.05) is 6.08 Å². The third-order valence-electron chi connectivity index (χ3n) is 2.97. The normalized spacial score (nSPS) is 14.3. The Morgan fingerprint density at radius 1 is 1.41 bits per heavy atom. The van der Waals surface area contributed by atoms with E-state index in [1.807, 2.05) is 16.0 Å². The van der Waals surface area contributed by atoms with E-state index in [0.717, 1.165) is 18.7 Å². The first-order chi connectivity index (χ1) is 8.25. The van der Waals surface area contributed by atoms with Gasteiger partial charge in [-0.15, -0.1) is 11.3 Å². The van der Waals surface area contributed by atoms with Crippen molar-refractivity contribution in [3.05, 3.63) is 28.9 Å². The molecule has 0 radical (unpaired) electrons. The van der Waals surface area contributed by atoms with Crippen molar-refractivity contribution in [3.63, 3.8) is 0 Å². The topological polar surface area (TPSA) is 30.7 Å². The van der Waals surface area contributed by atoms with E-state index in [0.29, 0.717) is 6.04 Å². The molecular formula is C13H15N3S. The van der Waals surface area contributed by atoms with Crippen LogP contribution in [0.15, 0.2) is 18.5 Å². The van der Waals surface area contributed by atoms with E-state index >= 15 is 0 Å². The van der Waals surface area contributed by atoms with Crippen LogP contribution in [-0.2, 0) is 6.42 Å². The Morgan fingerprint density at radius 3 is 3.06 bits per heavy atom. The Bertz CT molecular complexity index is 563. The van der Waals surface area contributed by atoms with Crippen LogP contribution in [0, 0.1) is 0 Å². The van der Waals surface area contributed by atoms with Gasteiger partial charge in [-0.3, -0.25) is 0 Å². The van der Waals surface area contributed by atoms with Crippen molar-refractivity contribution < 1.29 is 0 Å². The van der Waals surface area contributed by atoms with Crippen molar-refractivity contribution >= 4 is 17.4 Å². The van der Waals surface area contributed by atoms with E-state index in [1.54, 1.807) is 6.33 Å². The summed E-state index contributed by atoms with van der Waals surface area (Å²) in [5.41, 5.74) is 1.45. The first-order valence-electron chi connectivity index (χ1n) is 5.95. The fraction of sp³-hybridized carbons (Fsp3) is 0.385. The van der Waals surface area contributed by atoms with E-state index in [2.05, 4.69) is 42.1 Å². The van der Waals surface area contributed by atoms with Crippen LogP contribution in [0.3, 0.4) is 0 Å². The minimum absolute atomic E-state index is 0.349. The average Bonchev–Trinajstić information content (AvgIpc) is 2.95. The van der Waals surface area contributed by atoms with Crippen LogP contribution in [0.5, 0.6) is 0 Å². The molecule has 88 valence electrons. The van der Waals surface area contributed by atoms with Gasteiger partial charge in [0.2, 0.25) is 0 Å². The summed E-state index contributed by atoms with van der Waals surface area (Å²) in [5.74, 6) is 0.993. The van der Waals surface area contributed by atoms with Gasteiger partial charge in [-0.2, -0.15) is 5.10 Å². The predicted octanol–water partition coefficient (Wildman–Crippen LogP) is 3.55. The lowest BCUT2D eigenvalue weighted by Crippen LogP contribution is -2.04. The quantitative estimate of drug-likeness (QED) is 0.810. The molecular weight excluding hydrogens is 230 g/mol. The standard InChI is InChI=1S/C13H15N3S/c1-9(2)16-13(14-8-15-16)12-7-10-5-3-4-6-11(10)17-12/h4,6-9H,3,5H2,1-2H3. The maximum Gasteiger partial charge on any atom is 0.168 e. The summed E-state index contributed by atoms with van der Waals surface area (Å²) in [7, 11) is 0. The molecule has 0 saturated heterocycles. The largest absolute Gasteiger partial charge is 0.243 e. The molecule has 2 aromatic rings. The molecule has 3 nitrogen and oxygen atoms in total. The number of aryl methyl sites for hydroxylation is 1. The molecule has 0 fully saturated rings. The van der Waals surface area contributed by atoms with E-state index < -0.39 is 0 Å². The Labute approximate surface area is 105 Å². The van der Waals surface area contributed by atoms with Crippen LogP contribution in [0.25, 0.3) is 16.8 Å². The van der Waals surface area contributed by atoms with Crippen molar-refractivity contribution in [1.29, 1.82) is 0 Å². The van der Waals surface area contributed by atoms with Crippen LogP contribution >= 0.6 is 11.3 Å². The summed E-state index contributed by atoms with van der Waals surface area (Å²) in [6.07, 6.45) is 8.42. The molecule has 0 bridgehead atoms. The molecule has 17 heavy (non-hydrogen) atoms. The van der Waals surface area contributed by atoms with E-state index in [4.69, 9.17) is 0 Å². The van der Waals surface area contributed by atoms with Gasteiger partial charge in [-0.05, 0) is 44.4 Å². The van der Waals surface area contributed by atoms with Crippen LogP contribution < -0.4 is 0 Å². The zero-order valence-electron chi connectivity index (χ0n) is 10.1. The number of fused-ring (bicyclic) bond motifs is 1. The van der Waals surface area contributed by atoms with Crippen LogP contribution in [0.2, 0.25) is 0 Å². The summed E-state index contributed by atoms with van der Waals surface area (Å²) in [6, 6.07) is 2.62. The van der Waals surface area contributed by atoms with Gasteiger partial charge in [0, 0.05) is 10.9 Å². The summed E-state index contributed by atoms with van der Waals surface area (Å²) in [4.78, 5) is 7.00. The second-order valence-electron chi connectivity index (χ2n) is 4.56. The summed E-state index contributed by atoms with van der Waals surface area (Å²) in [6.45, 7) is 4.26. The monoisotopic (exact) mass is 245 g/mol. The molecule has 0 aliphatic heterocycles. The molecule has 1 aliphatic carbocycles. The molecule has 3 rings (SSSR count). The Balaban J connectivity index is 2.07. The average molecular weight is 245 g/mol. The number of hydrogen-bond acceptors (Lipinski definition) is 3. The predicted molar refractivity (Wildman–Crippen MR) is 71.1 cm³/mol. The first-order valence-corrected chi connectivity index (χ1v) is 6.76. The number of rotatable bonds is 2. The molecule has 0 N–H and O–H groups in total. The number of nitrogens with zero attached hydrogens (tertiary/aromatic N) is 3. The van der Waals surface area contributed by atoms with Gasteiger partial charge in [0.1, 0.15) is 6.33 Å². The van der Waals surface area contributed by atoms with Crippen LogP contribution in [0.1, 0.15) is 36.8 Å². The Kier molecular flexibility index (Phi) is 2.59. The van der Waals surface area contributed by atoms with Gasteiger partial charge in [0.25, 0.3) is 0 Å². The number of thiophene rings is 1. The molecule has 2 aromatic heterocycles. The summed E-state index contributed by atoms with van der Waals surface area (Å²) >= 11 is 1.81. The molecule has 0 unspecified atom stereocenters. The first kappa shape index (κ1) is 10.7. The highest BCUT2D eigenvalue weighted by molar-refractivity contribution is 7.16. The van der Waals surface area contributed by atoms with E-state index in [9.17, 15) is 0 Å². The molecule has 0 saturated carbocycles. The highest BCUT2D eigenvalue weighted by Crippen LogP contribution is 2.34. The molecule has 4 heteroatoms. The zero-order valence-corrected chi connectivity index (χ0v) is 10.9. The van der Waals surface area contributed by atoms with Crippen LogP contribution in [-0.4, -0.2) is 14.8 Å². The molecule has 0 aromatic carbocycles. The van der Waals surface area contributed by atoms with Gasteiger partial charge in [0.15, 0.2) is 5.82 Å². The van der Waals surface area contributed by atoms with Gasteiger partial charge < -0.3 is 0 Å². The van der Waals surface area contributed by atoms with Crippen LogP contribution in [0.4, 0.5) is 0 Å². The Morgan fingerprint density at radius 2 is 2.29 bits per heavy atom. The van der Waals surface area contributed by atoms with Crippen molar-refractivity contribution in [3.8, 4) is 10.7 Å². The zero-order chi connectivity index (χ0) is 11.8. The molecule has 0 atom stereocenters. The van der Waals surface area contributed by atoms with Gasteiger partial charge in [0.05, 0.1) is 4.88 Å². The van der Waals surface area contributed by atoms with Gasteiger partial charge in [-0.25, -0.2) is 9.67 Å². The minimum atomic E-state index is 0.349. The Hall–Kier alpha value is -1.42. The van der Waals surface area contributed by atoms with Crippen molar-refractivity contribution in [2.75, 3.05) is 0 Å². The maximum absolute atomic E-state index is 4.39. The van der Waals surface area contributed by atoms with E-state index in [1.165, 1.54) is 15.3 Å². The fourth-order valence-corrected chi connectivity index (χ4v) is 3.26. The lowest BCUT2D eigenvalue weighted by Gasteiger charge is -2.07. The third-order valence-corrected chi connectivity index (χ3v) is 4.11. The van der Waals surface area contributed by atoms with Crippen molar-refractivity contribution in [2.24, 2.45) is 0 Å².